The number of hydrogen-bond donors (Lipinski definition) is 4. The first kappa shape index (κ1) is 21.6. The van der Waals surface area contributed by atoms with Crippen molar-refractivity contribution in [3.8, 4) is 5.75 Å². The van der Waals surface area contributed by atoms with Crippen molar-refractivity contribution in [2.24, 2.45) is 10.2 Å². The second-order valence-electron chi connectivity index (χ2n) is 6.85. The van der Waals surface area contributed by atoms with Gasteiger partial charge in [-0.15, -0.1) is 10.2 Å². The number of phenolic OH excluding ortho intramolecular Hbond substituents is 1. The molecule has 0 saturated carbocycles. The molecule has 0 saturated heterocycles. The molecule has 0 unspecified atom stereocenters. The third-order valence-electron chi connectivity index (χ3n) is 4.77. The molecule has 10 nitrogen and oxygen atoms in total. The first-order valence-electron chi connectivity index (χ1n) is 8.90. The number of phenols is 1. The van der Waals surface area contributed by atoms with E-state index in [1.807, 2.05) is 0 Å². The van der Waals surface area contributed by atoms with Gasteiger partial charge in [-0.3, -0.25) is 9.11 Å². The Balaban J connectivity index is 1.92. The van der Waals surface area contributed by atoms with Crippen LogP contribution in [0.25, 0.3) is 21.5 Å². The van der Waals surface area contributed by atoms with Gasteiger partial charge in [0.2, 0.25) is 0 Å². The summed E-state index contributed by atoms with van der Waals surface area (Å²) in [5.74, 6) is -0.465. The molecule has 0 aliphatic carbocycles. The van der Waals surface area contributed by atoms with E-state index in [0.29, 0.717) is 10.8 Å². The summed E-state index contributed by atoms with van der Waals surface area (Å²) >= 11 is 0. The molecule has 0 spiro atoms. The van der Waals surface area contributed by atoms with Gasteiger partial charge in [0.05, 0.1) is 21.2 Å². The largest absolute Gasteiger partial charge is 0.507 e. The van der Waals surface area contributed by atoms with E-state index in [1.165, 1.54) is 30.3 Å². The van der Waals surface area contributed by atoms with Crippen LogP contribution in [0.1, 0.15) is 0 Å². The molecule has 4 rings (SSSR count). The third-order valence-corrected chi connectivity index (χ3v) is 6.45. The zero-order valence-electron chi connectivity index (χ0n) is 16.0. The lowest BCUT2D eigenvalue weighted by atomic mass is 10.1. The number of nitrogen functional groups attached to an aromatic ring is 1. The Morgan fingerprint density at radius 3 is 2.00 bits per heavy atom. The smallest absolute Gasteiger partial charge is 0.294 e. The molecular weight excluding hydrogens is 458 g/mol. The van der Waals surface area contributed by atoms with Crippen LogP contribution >= 0.6 is 0 Å². The summed E-state index contributed by atoms with van der Waals surface area (Å²) in [6.07, 6.45) is 0. The molecule has 0 radical (unpaired) electrons. The van der Waals surface area contributed by atoms with Crippen LogP contribution in [0.15, 0.2) is 80.7 Å². The van der Waals surface area contributed by atoms with Gasteiger partial charge in [0.25, 0.3) is 20.2 Å². The summed E-state index contributed by atoms with van der Waals surface area (Å²) in [6, 6.07) is 13.8. The zero-order valence-corrected chi connectivity index (χ0v) is 17.7. The minimum Gasteiger partial charge on any atom is -0.507 e. The van der Waals surface area contributed by atoms with Crippen molar-refractivity contribution in [2.45, 2.75) is 9.79 Å². The predicted molar refractivity (Wildman–Crippen MR) is 118 cm³/mol. The Labute approximate surface area is 182 Å². The number of hydrogen-bond acceptors (Lipinski definition) is 8. The highest BCUT2D eigenvalue weighted by Crippen LogP contribution is 2.39. The van der Waals surface area contributed by atoms with Crippen LogP contribution in [-0.4, -0.2) is 31.0 Å². The summed E-state index contributed by atoms with van der Waals surface area (Å²) in [5.41, 5.74) is 6.46. The van der Waals surface area contributed by atoms with Gasteiger partial charge in [0.1, 0.15) is 5.75 Å². The second kappa shape index (κ2) is 7.53. The Kier molecular flexibility index (Phi) is 5.09. The highest BCUT2D eigenvalue weighted by atomic mass is 32.2. The third kappa shape index (κ3) is 3.99. The fourth-order valence-electron chi connectivity index (χ4n) is 3.27. The number of rotatable bonds is 4. The molecule has 164 valence electrons. The number of anilines is 1. The molecule has 5 N–H and O–H groups in total. The van der Waals surface area contributed by atoms with E-state index >= 15 is 0 Å². The average molecular weight is 473 g/mol. The number of nitrogens with two attached hydrogens (primary N) is 1. The number of nitrogens with zero attached hydrogens (tertiary/aromatic N) is 2. The van der Waals surface area contributed by atoms with Crippen LogP contribution in [0.2, 0.25) is 0 Å². The standard InChI is InChI=1S/C20H15N3O7S2/c21-16-6-7-18(15-9-13(32(28,29)30)10-19(24)20(15)16)23-22-17-3-1-2-11-4-5-12(8-14(11)17)31(25,26)27/h1-10,24H,21H2,(H,25,26,27)(H,28,29,30). The van der Waals surface area contributed by atoms with E-state index < -0.39 is 30.9 Å². The molecule has 0 atom stereocenters. The van der Waals surface area contributed by atoms with E-state index in [4.69, 9.17) is 5.73 Å². The minimum atomic E-state index is -4.61. The molecule has 4 aromatic carbocycles. The summed E-state index contributed by atoms with van der Waals surface area (Å²) in [7, 11) is -9.04. The maximum Gasteiger partial charge on any atom is 0.294 e. The first-order valence-corrected chi connectivity index (χ1v) is 11.8. The van der Waals surface area contributed by atoms with E-state index in [-0.39, 0.29) is 32.7 Å². The van der Waals surface area contributed by atoms with Crippen LogP contribution in [0.5, 0.6) is 5.75 Å². The van der Waals surface area contributed by atoms with Gasteiger partial charge in [0.15, 0.2) is 0 Å². The van der Waals surface area contributed by atoms with Gasteiger partial charge in [0, 0.05) is 27.9 Å². The molecule has 0 aliphatic heterocycles. The van der Waals surface area contributed by atoms with Gasteiger partial charge < -0.3 is 10.8 Å². The van der Waals surface area contributed by atoms with Gasteiger partial charge in [-0.1, -0.05) is 18.2 Å². The highest BCUT2D eigenvalue weighted by Gasteiger charge is 2.17. The summed E-state index contributed by atoms with van der Waals surface area (Å²) in [4.78, 5) is -0.860. The Hall–Kier alpha value is -3.58. The maximum absolute atomic E-state index is 11.6. The summed E-state index contributed by atoms with van der Waals surface area (Å²) in [5, 5.41) is 19.8. The van der Waals surface area contributed by atoms with Gasteiger partial charge >= 0.3 is 0 Å². The lowest BCUT2D eigenvalue weighted by Crippen LogP contribution is -1.98. The van der Waals surface area contributed by atoms with Crippen molar-refractivity contribution in [3.63, 3.8) is 0 Å². The van der Waals surface area contributed by atoms with Crippen LogP contribution in [0.3, 0.4) is 0 Å². The summed E-state index contributed by atoms with van der Waals surface area (Å²) in [6.45, 7) is 0. The molecule has 0 fully saturated rings. The summed E-state index contributed by atoms with van der Waals surface area (Å²) < 4.78 is 64.8. The molecule has 12 heteroatoms. The van der Waals surface area contributed by atoms with Crippen LogP contribution in [-0.2, 0) is 20.2 Å². The SMILES string of the molecule is Nc1ccc(N=Nc2cccc3ccc(S(=O)(=O)O)cc23)c2cc(S(=O)(=O)O)cc(O)c12. The Morgan fingerprint density at radius 2 is 1.34 bits per heavy atom. The average Bonchev–Trinajstić information content (AvgIpc) is 2.71. The Bertz CT molecular complexity index is 1650. The monoisotopic (exact) mass is 473 g/mol. The van der Waals surface area contributed by atoms with E-state index in [2.05, 4.69) is 10.2 Å². The van der Waals surface area contributed by atoms with Crippen molar-refractivity contribution in [1.29, 1.82) is 0 Å². The molecule has 32 heavy (non-hydrogen) atoms. The number of aromatic hydroxyl groups is 1. The molecule has 4 aromatic rings. The van der Waals surface area contributed by atoms with Crippen molar-refractivity contribution in [3.05, 3.63) is 60.7 Å². The lowest BCUT2D eigenvalue weighted by molar-refractivity contribution is 0.471. The van der Waals surface area contributed by atoms with Crippen molar-refractivity contribution < 1.29 is 31.0 Å². The van der Waals surface area contributed by atoms with Gasteiger partial charge in [-0.2, -0.15) is 16.8 Å². The fraction of sp³-hybridized carbons (Fsp3) is 0. The molecular formula is C20H15N3O7S2. The molecule has 0 amide bonds. The van der Waals surface area contributed by atoms with Gasteiger partial charge in [-0.25, -0.2) is 0 Å². The van der Waals surface area contributed by atoms with Crippen molar-refractivity contribution in [1.82, 2.24) is 0 Å². The lowest BCUT2D eigenvalue weighted by Gasteiger charge is -2.09. The second-order valence-corrected chi connectivity index (χ2v) is 9.69. The normalized spacial score (nSPS) is 12.7. The molecule has 0 heterocycles. The molecule has 0 aromatic heterocycles. The van der Waals surface area contributed by atoms with E-state index in [9.17, 15) is 31.0 Å². The van der Waals surface area contributed by atoms with Crippen molar-refractivity contribution >= 4 is 58.8 Å². The molecule has 0 bridgehead atoms. The van der Waals surface area contributed by atoms with Crippen molar-refractivity contribution in [2.75, 3.05) is 5.73 Å². The molecule has 0 aliphatic rings. The predicted octanol–water partition coefficient (Wildman–Crippen LogP) is 4.19. The highest BCUT2D eigenvalue weighted by molar-refractivity contribution is 7.86. The first-order chi connectivity index (χ1) is 14.9. The van der Waals surface area contributed by atoms with Crippen LogP contribution < -0.4 is 5.73 Å². The number of fused-ring (bicyclic) bond motifs is 2. The van der Waals surface area contributed by atoms with E-state index in [1.54, 1.807) is 18.2 Å². The van der Waals surface area contributed by atoms with Crippen LogP contribution in [0, 0.1) is 0 Å². The Morgan fingerprint density at radius 1 is 0.719 bits per heavy atom. The van der Waals surface area contributed by atoms with Gasteiger partial charge in [-0.05, 0) is 41.8 Å². The number of benzene rings is 4. The number of azo groups is 1. The van der Waals surface area contributed by atoms with Crippen LogP contribution in [0.4, 0.5) is 17.1 Å². The topological polar surface area (TPSA) is 180 Å². The maximum atomic E-state index is 11.6. The van der Waals surface area contributed by atoms with E-state index in [0.717, 1.165) is 12.1 Å². The quantitative estimate of drug-likeness (QED) is 0.193. The fourth-order valence-corrected chi connectivity index (χ4v) is 4.31. The zero-order chi connectivity index (χ0) is 23.3. The minimum absolute atomic E-state index is 0.125.